The molecule has 2 rings (SSSR count). The minimum absolute atomic E-state index is 0.0981. The van der Waals surface area contributed by atoms with Crippen LogP contribution in [-0.4, -0.2) is 10.9 Å². The number of hydrogen-bond acceptors (Lipinski definition) is 2. The van der Waals surface area contributed by atoms with Crippen LogP contribution in [0.3, 0.4) is 0 Å². The van der Waals surface area contributed by atoms with E-state index < -0.39 is 5.82 Å². The molecule has 0 aliphatic heterocycles. The Balaban J connectivity index is 2.27. The van der Waals surface area contributed by atoms with Crippen molar-refractivity contribution in [2.24, 2.45) is 5.73 Å². The first-order valence-corrected chi connectivity index (χ1v) is 6.77. The second-order valence-electron chi connectivity index (χ2n) is 4.83. The summed E-state index contributed by atoms with van der Waals surface area (Å²) in [5.41, 5.74) is 8.28. The highest BCUT2D eigenvalue weighted by Crippen LogP contribution is 2.18. The molecule has 2 aromatic rings. The van der Waals surface area contributed by atoms with Gasteiger partial charge in [-0.25, -0.2) is 4.39 Å². The largest absolute Gasteiger partial charge is 0.389 e. The summed E-state index contributed by atoms with van der Waals surface area (Å²) in [6.07, 6.45) is 0. The maximum atomic E-state index is 13.9. The number of carbonyl (C=O) groups is 1. The van der Waals surface area contributed by atoms with Crippen LogP contribution in [0, 0.1) is 19.7 Å². The Morgan fingerprint density at radius 2 is 1.90 bits per heavy atom. The number of hydrogen-bond donors (Lipinski definition) is 2. The Kier molecular flexibility index (Phi) is 4.33. The van der Waals surface area contributed by atoms with E-state index in [1.165, 1.54) is 12.1 Å². The van der Waals surface area contributed by atoms with Crippen LogP contribution in [0.25, 0.3) is 0 Å². The van der Waals surface area contributed by atoms with Crippen LogP contribution in [0.2, 0.25) is 0 Å². The Morgan fingerprint density at radius 1 is 1.19 bits per heavy atom. The zero-order chi connectivity index (χ0) is 15.6. The van der Waals surface area contributed by atoms with Crippen molar-refractivity contribution in [1.82, 2.24) is 0 Å². The number of nitrogens with one attached hydrogen (secondary N) is 1. The van der Waals surface area contributed by atoms with Crippen molar-refractivity contribution in [3.05, 3.63) is 64.5 Å². The third kappa shape index (κ3) is 3.44. The van der Waals surface area contributed by atoms with Gasteiger partial charge < -0.3 is 11.1 Å². The van der Waals surface area contributed by atoms with Gasteiger partial charge in [0.25, 0.3) is 5.91 Å². The van der Waals surface area contributed by atoms with E-state index in [4.69, 9.17) is 18.0 Å². The van der Waals surface area contributed by atoms with Crippen molar-refractivity contribution in [1.29, 1.82) is 0 Å². The molecule has 0 aliphatic carbocycles. The molecule has 0 aromatic heterocycles. The van der Waals surface area contributed by atoms with E-state index in [9.17, 15) is 9.18 Å². The lowest BCUT2D eigenvalue weighted by Crippen LogP contribution is -2.15. The second kappa shape index (κ2) is 6.01. The fourth-order valence-electron chi connectivity index (χ4n) is 1.94. The average Bonchev–Trinajstić information content (AvgIpc) is 2.43. The molecule has 0 saturated carbocycles. The van der Waals surface area contributed by atoms with Crippen molar-refractivity contribution in [3.63, 3.8) is 0 Å². The van der Waals surface area contributed by atoms with E-state index >= 15 is 0 Å². The molecular weight excluding hydrogens is 287 g/mol. The van der Waals surface area contributed by atoms with Crippen LogP contribution < -0.4 is 11.1 Å². The van der Waals surface area contributed by atoms with Crippen molar-refractivity contribution >= 4 is 28.8 Å². The molecule has 3 N–H and O–H groups in total. The van der Waals surface area contributed by atoms with Crippen LogP contribution in [0.5, 0.6) is 0 Å². The third-order valence-electron chi connectivity index (χ3n) is 3.14. The highest BCUT2D eigenvalue weighted by Gasteiger charge is 2.12. The minimum atomic E-state index is -0.570. The molecule has 5 heteroatoms. The summed E-state index contributed by atoms with van der Waals surface area (Å²) in [4.78, 5) is 12.3. The first kappa shape index (κ1) is 15.1. The summed E-state index contributed by atoms with van der Waals surface area (Å²) in [5, 5.41) is 2.56. The van der Waals surface area contributed by atoms with Gasteiger partial charge in [0.05, 0.1) is 5.69 Å². The average molecular weight is 302 g/mol. The number of carbonyl (C=O) groups excluding carboxylic acids is 1. The Hall–Kier alpha value is -2.27. The number of amides is 1. The quantitative estimate of drug-likeness (QED) is 0.855. The van der Waals surface area contributed by atoms with E-state index in [-0.39, 0.29) is 16.6 Å². The fraction of sp³-hybridized carbons (Fsp3) is 0.125. The van der Waals surface area contributed by atoms with E-state index in [1.54, 1.807) is 12.1 Å². The molecule has 0 radical (unpaired) electrons. The van der Waals surface area contributed by atoms with Crippen LogP contribution in [0.1, 0.15) is 27.0 Å². The van der Waals surface area contributed by atoms with Gasteiger partial charge in [0.15, 0.2) is 0 Å². The summed E-state index contributed by atoms with van der Waals surface area (Å²) in [6.45, 7) is 3.73. The molecule has 2 aromatic carbocycles. The monoisotopic (exact) mass is 302 g/mol. The van der Waals surface area contributed by atoms with Crippen LogP contribution in [-0.2, 0) is 0 Å². The lowest BCUT2D eigenvalue weighted by molar-refractivity contribution is 0.102. The number of benzene rings is 2. The topological polar surface area (TPSA) is 55.1 Å². The van der Waals surface area contributed by atoms with Gasteiger partial charge in [0.2, 0.25) is 0 Å². The van der Waals surface area contributed by atoms with Gasteiger partial charge in [0, 0.05) is 11.1 Å². The molecule has 0 saturated heterocycles. The second-order valence-corrected chi connectivity index (χ2v) is 5.27. The van der Waals surface area contributed by atoms with E-state index in [1.807, 2.05) is 26.0 Å². The van der Waals surface area contributed by atoms with Gasteiger partial charge in [0.1, 0.15) is 10.8 Å². The maximum Gasteiger partial charge on any atom is 0.256 e. The van der Waals surface area contributed by atoms with Gasteiger partial charge in [-0.1, -0.05) is 29.9 Å². The molecule has 3 nitrogen and oxygen atoms in total. The standard InChI is InChI=1S/C16H15FN2OS/c1-9-3-4-10(2)12(7-9)16(20)19-14-6-5-11(15(18)21)8-13(14)17/h3-8H,1-2H3,(H2,18,21)(H,19,20). The van der Waals surface area contributed by atoms with Crippen LogP contribution in [0.15, 0.2) is 36.4 Å². The third-order valence-corrected chi connectivity index (χ3v) is 3.38. The molecule has 0 bridgehead atoms. The lowest BCUT2D eigenvalue weighted by atomic mass is 10.0. The van der Waals surface area contributed by atoms with Gasteiger partial charge in [-0.15, -0.1) is 0 Å². The van der Waals surface area contributed by atoms with Crippen LogP contribution in [0.4, 0.5) is 10.1 Å². The molecule has 108 valence electrons. The molecule has 0 atom stereocenters. The fourth-order valence-corrected chi connectivity index (χ4v) is 2.07. The predicted octanol–water partition coefficient (Wildman–Crippen LogP) is 3.33. The van der Waals surface area contributed by atoms with Crippen molar-refractivity contribution in [3.8, 4) is 0 Å². The van der Waals surface area contributed by atoms with Gasteiger partial charge in [-0.2, -0.15) is 0 Å². The molecule has 0 spiro atoms. The maximum absolute atomic E-state index is 13.9. The molecule has 1 amide bonds. The highest BCUT2D eigenvalue weighted by molar-refractivity contribution is 7.80. The van der Waals surface area contributed by atoms with Gasteiger partial charge >= 0.3 is 0 Å². The molecule has 21 heavy (non-hydrogen) atoms. The first-order valence-electron chi connectivity index (χ1n) is 6.36. The van der Waals surface area contributed by atoms with Crippen molar-refractivity contribution in [2.45, 2.75) is 13.8 Å². The van der Waals surface area contributed by atoms with E-state index in [2.05, 4.69) is 5.32 Å². The number of thiocarbonyl (C=S) groups is 1. The van der Waals surface area contributed by atoms with Crippen molar-refractivity contribution < 1.29 is 9.18 Å². The predicted molar refractivity (Wildman–Crippen MR) is 86.2 cm³/mol. The number of aryl methyl sites for hydroxylation is 2. The summed E-state index contributed by atoms with van der Waals surface area (Å²) in [6, 6.07) is 9.78. The van der Waals surface area contributed by atoms with Gasteiger partial charge in [-0.3, -0.25) is 4.79 Å². The zero-order valence-electron chi connectivity index (χ0n) is 11.7. The van der Waals surface area contributed by atoms with Crippen molar-refractivity contribution in [2.75, 3.05) is 5.32 Å². The van der Waals surface area contributed by atoms with Crippen LogP contribution >= 0.6 is 12.2 Å². The number of rotatable bonds is 3. The smallest absolute Gasteiger partial charge is 0.256 e. The number of halogens is 1. The molecule has 0 aliphatic rings. The summed E-state index contributed by atoms with van der Waals surface area (Å²) in [5.74, 6) is -0.919. The SMILES string of the molecule is Cc1ccc(C)c(C(=O)Nc2ccc(C(N)=S)cc2F)c1. The normalized spacial score (nSPS) is 10.2. The Labute approximate surface area is 128 Å². The van der Waals surface area contributed by atoms with E-state index in [0.717, 1.165) is 11.1 Å². The molecule has 0 unspecified atom stereocenters. The van der Waals surface area contributed by atoms with E-state index in [0.29, 0.717) is 11.1 Å². The minimum Gasteiger partial charge on any atom is -0.389 e. The first-order chi connectivity index (χ1) is 9.88. The summed E-state index contributed by atoms with van der Waals surface area (Å²) >= 11 is 4.78. The molecule has 0 heterocycles. The highest BCUT2D eigenvalue weighted by atomic mass is 32.1. The zero-order valence-corrected chi connectivity index (χ0v) is 12.6. The number of anilines is 1. The van der Waals surface area contributed by atoms with Gasteiger partial charge in [-0.05, 0) is 43.7 Å². The lowest BCUT2D eigenvalue weighted by Gasteiger charge is -2.10. The summed E-state index contributed by atoms with van der Waals surface area (Å²) < 4.78 is 13.9. The molecular formula is C16H15FN2OS. The summed E-state index contributed by atoms with van der Waals surface area (Å²) in [7, 11) is 0. The molecule has 0 fully saturated rings. The Morgan fingerprint density at radius 3 is 2.52 bits per heavy atom. The number of nitrogens with two attached hydrogens (primary N) is 1. The Bertz CT molecular complexity index is 728.